The summed E-state index contributed by atoms with van der Waals surface area (Å²) in [5, 5.41) is 7.31. The SMILES string of the molecule is CCS(=O)(=O)c1cn[nH]c1-c1ccc(Cl)cc1Cl. The maximum atomic E-state index is 11.9. The Kier molecular flexibility index (Phi) is 3.66. The van der Waals surface area contributed by atoms with Gasteiger partial charge in [0.05, 0.1) is 22.7 Å². The number of nitrogens with one attached hydrogen (secondary N) is 1. The van der Waals surface area contributed by atoms with Crippen LogP contribution in [-0.2, 0) is 9.84 Å². The van der Waals surface area contributed by atoms with Crippen molar-refractivity contribution in [3.05, 3.63) is 34.4 Å². The van der Waals surface area contributed by atoms with Crippen LogP contribution in [0.5, 0.6) is 0 Å². The van der Waals surface area contributed by atoms with Crippen LogP contribution in [0.1, 0.15) is 6.92 Å². The summed E-state index contributed by atoms with van der Waals surface area (Å²) in [5.41, 5.74) is 0.948. The van der Waals surface area contributed by atoms with Crippen LogP contribution in [0.15, 0.2) is 29.3 Å². The molecule has 0 bridgehead atoms. The Hall–Kier alpha value is -1.04. The quantitative estimate of drug-likeness (QED) is 0.947. The molecule has 0 spiro atoms. The fourth-order valence-corrected chi connectivity index (χ4v) is 3.05. The number of nitrogens with zero attached hydrogens (tertiary/aromatic N) is 1. The second-order valence-electron chi connectivity index (χ2n) is 3.64. The van der Waals surface area contributed by atoms with Gasteiger partial charge in [0, 0.05) is 10.6 Å². The van der Waals surface area contributed by atoms with Gasteiger partial charge in [0.2, 0.25) is 0 Å². The molecule has 4 nitrogen and oxygen atoms in total. The lowest BCUT2D eigenvalue weighted by atomic mass is 10.1. The summed E-state index contributed by atoms with van der Waals surface area (Å²) in [6.45, 7) is 1.58. The van der Waals surface area contributed by atoms with Crippen molar-refractivity contribution in [3.63, 3.8) is 0 Å². The van der Waals surface area contributed by atoms with E-state index in [9.17, 15) is 8.42 Å². The van der Waals surface area contributed by atoms with Gasteiger partial charge < -0.3 is 0 Å². The highest BCUT2D eigenvalue weighted by molar-refractivity contribution is 7.91. The lowest BCUT2D eigenvalue weighted by Gasteiger charge is -2.05. The van der Waals surface area contributed by atoms with Gasteiger partial charge in [-0.2, -0.15) is 5.10 Å². The number of hydrogen-bond acceptors (Lipinski definition) is 3. The van der Waals surface area contributed by atoms with Crippen molar-refractivity contribution in [2.75, 3.05) is 5.75 Å². The molecular formula is C11H10Cl2N2O2S. The number of rotatable bonds is 3. The van der Waals surface area contributed by atoms with E-state index in [1.165, 1.54) is 6.20 Å². The van der Waals surface area contributed by atoms with Crippen LogP contribution < -0.4 is 0 Å². The Balaban J connectivity index is 2.63. The average Bonchev–Trinajstić information content (AvgIpc) is 2.78. The largest absolute Gasteiger partial charge is 0.276 e. The van der Waals surface area contributed by atoms with E-state index < -0.39 is 9.84 Å². The number of sulfone groups is 1. The topological polar surface area (TPSA) is 62.8 Å². The van der Waals surface area contributed by atoms with E-state index in [-0.39, 0.29) is 10.6 Å². The highest BCUT2D eigenvalue weighted by Gasteiger charge is 2.21. The molecule has 2 aromatic rings. The fourth-order valence-electron chi connectivity index (χ4n) is 1.55. The summed E-state index contributed by atoms with van der Waals surface area (Å²) in [6, 6.07) is 4.86. The minimum absolute atomic E-state index is 0.00470. The van der Waals surface area contributed by atoms with Gasteiger partial charge in [-0.3, -0.25) is 5.10 Å². The van der Waals surface area contributed by atoms with Crippen molar-refractivity contribution in [2.24, 2.45) is 0 Å². The zero-order chi connectivity index (χ0) is 13.3. The molecule has 0 aliphatic heterocycles. The average molecular weight is 305 g/mol. The van der Waals surface area contributed by atoms with Gasteiger partial charge >= 0.3 is 0 Å². The second-order valence-corrected chi connectivity index (χ2v) is 6.73. The Bertz CT molecular complexity index is 680. The van der Waals surface area contributed by atoms with Crippen LogP contribution >= 0.6 is 23.2 Å². The zero-order valence-electron chi connectivity index (χ0n) is 9.44. The first-order valence-electron chi connectivity index (χ1n) is 5.17. The predicted octanol–water partition coefficient (Wildman–Crippen LogP) is 3.18. The van der Waals surface area contributed by atoms with Gasteiger partial charge in [-0.05, 0) is 18.2 Å². The molecule has 2 rings (SSSR count). The molecule has 0 aliphatic carbocycles. The molecule has 1 N–H and O–H groups in total. The van der Waals surface area contributed by atoms with E-state index in [0.29, 0.717) is 21.3 Å². The third-order valence-electron chi connectivity index (χ3n) is 2.52. The highest BCUT2D eigenvalue weighted by atomic mass is 35.5. The van der Waals surface area contributed by atoms with E-state index in [4.69, 9.17) is 23.2 Å². The lowest BCUT2D eigenvalue weighted by molar-refractivity contribution is 0.597. The molecule has 1 aromatic heterocycles. The fraction of sp³-hybridized carbons (Fsp3) is 0.182. The van der Waals surface area contributed by atoms with Crippen LogP contribution in [0.25, 0.3) is 11.3 Å². The summed E-state index contributed by atoms with van der Waals surface area (Å²) in [6.07, 6.45) is 1.29. The van der Waals surface area contributed by atoms with Crippen molar-refractivity contribution >= 4 is 33.0 Å². The van der Waals surface area contributed by atoms with E-state index >= 15 is 0 Å². The third kappa shape index (κ3) is 2.39. The molecule has 1 heterocycles. The molecule has 0 saturated heterocycles. The van der Waals surface area contributed by atoms with Crippen LogP contribution in [0.3, 0.4) is 0 Å². The van der Waals surface area contributed by atoms with Crippen LogP contribution in [0.4, 0.5) is 0 Å². The first kappa shape index (κ1) is 13.4. The van der Waals surface area contributed by atoms with E-state index in [2.05, 4.69) is 10.2 Å². The molecule has 7 heteroatoms. The van der Waals surface area contributed by atoms with Gasteiger partial charge in [-0.25, -0.2) is 8.42 Å². The molecule has 96 valence electrons. The molecular weight excluding hydrogens is 295 g/mol. The second kappa shape index (κ2) is 4.91. The molecule has 0 saturated carbocycles. The van der Waals surface area contributed by atoms with Crippen LogP contribution in [0.2, 0.25) is 10.0 Å². The predicted molar refractivity (Wildman–Crippen MR) is 71.8 cm³/mol. The standard InChI is InChI=1S/C11H10Cl2N2O2S/c1-2-18(16,17)10-6-14-15-11(10)8-4-3-7(12)5-9(8)13/h3-6H,2H2,1H3,(H,14,15). The Morgan fingerprint density at radius 2 is 2.06 bits per heavy atom. The number of H-pyrrole nitrogens is 1. The van der Waals surface area contributed by atoms with E-state index in [0.717, 1.165) is 0 Å². The first-order chi connectivity index (χ1) is 8.45. The normalized spacial score (nSPS) is 11.7. The molecule has 0 amide bonds. The van der Waals surface area contributed by atoms with Gasteiger partial charge in [-0.1, -0.05) is 30.1 Å². The minimum Gasteiger partial charge on any atom is -0.276 e. The van der Waals surface area contributed by atoms with Crippen molar-refractivity contribution in [2.45, 2.75) is 11.8 Å². The minimum atomic E-state index is -3.35. The number of halogens is 2. The Morgan fingerprint density at radius 1 is 1.33 bits per heavy atom. The molecule has 0 unspecified atom stereocenters. The van der Waals surface area contributed by atoms with Crippen molar-refractivity contribution in [1.29, 1.82) is 0 Å². The number of benzene rings is 1. The number of aromatic amines is 1. The van der Waals surface area contributed by atoms with E-state index in [1.807, 2.05) is 0 Å². The monoisotopic (exact) mass is 304 g/mol. The van der Waals surface area contributed by atoms with Gasteiger partial charge in [-0.15, -0.1) is 0 Å². The first-order valence-corrected chi connectivity index (χ1v) is 7.58. The van der Waals surface area contributed by atoms with Gasteiger partial charge in [0.25, 0.3) is 0 Å². The van der Waals surface area contributed by atoms with Crippen LogP contribution in [0, 0.1) is 0 Å². The maximum absolute atomic E-state index is 11.9. The van der Waals surface area contributed by atoms with E-state index in [1.54, 1.807) is 25.1 Å². The van der Waals surface area contributed by atoms with Gasteiger partial charge in [0.15, 0.2) is 9.84 Å². The molecule has 0 radical (unpaired) electrons. The molecule has 18 heavy (non-hydrogen) atoms. The molecule has 0 fully saturated rings. The molecule has 1 aromatic carbocycles. The summed E-state index contributed by atoms with van der Waals surface area (Å²) < 4.78 is 23.8. The Labute approximate surface area is 115 Å². The van der Waals surface area contributed by atoms with Crippen molar-refractivity contribution < 1.29 is 8.42 Å². The summed E-state index contributed by atoms with van der Waals surface area (Å²) >= 11 is 11.9. The maximum Gasteiger partial charge on any atom is 0.181 e. The number of aromatic nitrogens is 2. The molecule has 0 atom stereocenters. The lowest BCUT2D eigenvalue weighted by Crippen LogP contribution is -2.04. The summed E-state index contributed by atoms with van der Waals surface area (Å²) in [4.78, 5) is 0.147. The Morgan fingerprint density at radius 3 is 2.67 bits per heavy atom. The highest BCUT2D eigenvalue weighted by Crippen LogP contribution is 2.33. The number of hydrogen-bond donors (Lipinski definition) is 1. The van der Waals surface area contributed by atoms with Crippen LogP contribution in [-0.4, -0.2) is 24.4 Å². The van der Waals surface area contributed by atoms with Gasteiger partial charge in [0.1, 0.15) is 4.90 Å². The zero-order valence-corrected chi connectivity index (χ0v) is 11.8. The van der Waals surface area contributed by atoms with Crippen molar-refractivity contribution in [3.8, 4) is 11.3 Å². The smallest absolute Gasteiger partial charge is 0.181 e. The molecule has 0 aliphatic rings. The van der Waals surface area contributed by atoms with Crippen molar-refractivity contribution in [1.82, 2.24) is 10.2 Å². The summed E-state index contributed by atoms with van der Waals surface area (Å²) in [5.74, 6) is 0.00470. The third-order valence-corrected chi connectivity index (χ3v) is 4.81. The summed E-state index contributed by atoms with van der Waals surface area (Å²) in [7, 11) is -3.35.